The molecule has 0 saturated carbocycles. The van der Waals surface area contributed by atoms with Crippen molar-refractivity contribution in [1.29, 1.82) is 5.26 Å². The number of esters is 1. The summed E-state index contributed by atoms with van der Waals surface area (Å²) < 4.78 is 5.06. The van der Waals surface area contributed by atoms with Crippen molar-refractivity contribution in [3.05, 3.63) is 32.7 Å². The van der Waals surface area contributed by atoms with E-state index in [0.29, 0.717) is 24.2 Å². The molecule has 0 bridgehead atoms. The molecule has 1 aromatic rings. The minimum Gasteiger partial charge on any atom is -0.453 e. The Bertz CT molecular complexity index is 701. The van der Waals surface area contributed by atoms with Gasteiger partial charge in [0.1, 0.15) is 11.6 Å². The van der Waals surface area contributed by atoms with Crippen LogP contribution in [-0.2, 0) is 20.7 Å². The second-order valence-electron chi connectivity index (χ2n) is 5.20. The van der Waals surface area contributed by atoms with Crippen molar-refractivity contribution in [1.82, 2.24) is 10.3 Å². The van der Waals surface area contributed by atoms with Crippen molar-refractivity contribution in [3.8, 4) is 6.07 Å². The second-order valence-corrected chi connectivity index (χ2v) is 5.20. The number of nitrogens with one attached hydrogen (secondary N) is 2. The van der Waals surface area contributed by atoms with Gasteiger partial charge in [-0.2, -0.15) is 5.26 Å². The zero-order valence-electron chi connectivity index (χ0n) is 13.8. The summed E-state index contributed by atoms with van der Waals surface area (Å²) in [6.45, 7) is 7.15. The lowest BCUT2D eigenvalue weighted by Gasteiger charge is -2.14. The number of hydrogen-bond acceptors (Lipinski definition) is 5. The topological polar surface area (TPSA) is 112 Å². The van der Waals surface area contributed by atoms with E-state index in [2.05, 4.69) is 10.3 Å². The number of pyridine rings is 1. The molecular formula is C16H21N3O4. The third-order valence-electron chi connectivity index (χ3n) is 3.53. The van der Waals surface area contributed by atoms with Gasteiger partial charge >= 0.3 is 5.97 Å². The van der Waals surface area contributed by atoms with Crippen LogP contribution in [0, 0.1) is 25.2 Å². The Morgan fingerprint density at radius 1 is 1.39 bits per heavy atom. The van der Waals surface area contributed by atoms with Crippen molar-refractivity contribution in [2.75, 3.05) is 6.54 Å². The van der Waals surface area contributed by atoms with Crippen LogP contribution in [0.4, 0.5) is 0 Å². The number of amides is 1. The number of carbonyl (C=O) groups is 2. The number of nitrogens with zero attached hydrogens (tertiary/aromatic N) is 1. The van der Waals surface area contributed by atoms with Crippen molar-refractivity contribution in [2.24, 2.45) is 0 Å². The van der Waals surface area contributed by atoms with Gasteiger partial charge in [0.2, 0.25) is 0 Å². The van der Waals surface area contributed by atoms with E-state index in [9.17, 15) is 14.4 Å². The Morgan fingerprint density at radius 3 is 2.61 bits per heavy atom. The third-order valence-corrected chi connectivity index (χ3v) is 3.53. The standard InChI is InChI=1S/C16H21N3O4/c1-5-18-15(21)11(4)23-14(20)7-6-12-9(2)13(8-17)16(22)19-10(12)3/h11H,5-7H2,1-4H3,(H,18,21)(H,19,22)/t11-/m1/s1. The number of aromatic amines is 1. The number of carbonyl (C=O) groups excluding carboxylic acids is 2. The molecule has 0 aliphatic carbocycles. The fourth-order valence-corrected chi connectivity index (χ4v) is 2.27. The van der Waals surface area contributed by atoms with Gasteiger partial charge in [-0.15, -0.1) is 0 Å². The van der Waals surface area contributed by atoms with Crippen LogP contribution in [0.2, 0.25) is 0 Å². The molecule has 2 N–H and O–H groups in total. The van der Waals surface area contributed by atoms with Crippen LogP contribution in [0.15, 0.2) is 4.79 Å². The monoisotopic (exact) mass is 319 g/mol. The molecule has 1 rings (SSSR count). The summed E-state index contributed by atoms with van der Waals surface area (Å²) in [5.74, 6) is -0.851. The van der Waals surface area contributed by atoms with Crippen LogP contribution in [0.1, 0.15) is 42.7 Å². The molecule has 0 fully saturated rings. The Morgan fingerprint density at radius 2 is 2.04 bits per heavy atom. The maximum absolute atomic E-state index is 11.8. The third kappa shape index (κ3) is 4.68. The molecular weight excluding hydrogens is 298 g/mol. The number of H-pyrrole nitrogens is 1. The van der Waals surface area contributed by atoms with Crippen LogP contribution >= 0.6 is 0 Å². The first kappa shape index (κ1) is 18.4. The van der Waals surface area contributed by atoms with E-state index >= 15 is 0 Å². The highest BCUT2D eigenvalue weighted by atomic mass is 16.5. The molecule has 0 aliphatic heterocycles. The SMILES string of the molecule is CCNC(=O)[C@@H](C)OC(=O)CCc1c(C)[nH]c(=O)c(C#N)c1C. The fourth-order valence-electron chi connectivity index (χ4n) is 2.27. The van der Waals surface area contributed by atoms with E-state index in [4.69, 9.17) is 10.00 Å². The van der Waals surface area contributed by atoms with Crippen LogP contribution in [0.25, 0.3) is 0 Å². The van der Waals surface area contributed by atoms with Gasteiger partial charge in [-0.3, -0.25) is 14.4 Å². The van der Waals surface area contributed by atoms with Gasteiger partial charge in [-0.05, 0) is 45.2 Å². The lowest BCUT2D eigenvalue weighted by atomic mass is 9.99. The number of nitriles is 1. The van der Waals surface area contributed by atoms with Gasteiger partial charge in [0.05, 0.1) is 0 Å². The molecule has 0 spiro atoms. The van der Waals surface area contributed by atoms with Crippen LogP contribution in [0.5, 0.6) is 0 Å². The lowest BCUT2D eigenvalue weighted by Crippen LogP contribution is -2.35. The van der Waals surface area contributed by atoms with Crippen molar-refractivity contribution in [2.45, 2.75) is 46.6 Å². The maximum Gasteiger partial charge on any atom is 0.306 e. The van der Waals surface area contributed by atoms with E-state index in [1.165, 1.54) is 6.92 Å². The Kier molecular flexibility index (Phi) is 6.51. The molecule has 0 saturated heterocycles. The summed E-state index contributed by atoms with van der Waals surface area (Å²) in [7, 11) is 0. The molecule has 0 unspecified atom stereocenters. The number of aromatic nitrogens is 1. The number of rotatable bonds is 6. The Labute approximate surface area is 134 Å². The number of hydrogen-bond donors (Lipinski definition) is 2. The van der Waals surface area contributed by atoms with Crippen molar-refractivity contribution >= 4 is 11.9 Å². The van der Waals surface area contributed by atoms with Gasteiger partial charge in [-0.1, -0.05) is 0 Å². The largest absolute Gasteiger partial charge is 0.453 e. The summed E-state index contributed by atoms with van der Waals surface area (Å²) in [5, 5.41) is 11.6. The quantitative estimate of drug-likeness (QED) is 0.755. The molecule has 23 heavy (non-hydrogen) atoms. The normalized spacial score (nSPS) is 11.4. The molecule has 1 amide bonds. The molecule has 1 aromatic heterocycles. The minimum atomic E-state index is -0.852. The second kappa shape index (κ2) is 8.13. The fraction of sp³-hybridized carbons (Fsp3) is 0.500. The number of likely N-dealkylation sites (N-methyl/N-ethyl adjacent to an activating group) is 1. The first-order chi connectivity index (χ1) is 10.8. The molecule has 0 aromatic carbocycles. The summed E-state index contributed by atoms with van der Waals surface area (Å²) in [5.41, 5.74) is 1.55. The van der Waals surface area contributed by atoms with Gasteiger partial charge < -0.3 is 15.0 Å². The summed E-state index contributed by atoms with van der Waals surface area (Å²) in [6, 6.07) is 1.87. The average molecular weight is 319 g/mol. The minimum absolute atomic E-state index is 0.0506. The van der Waals surface area contributed by atoms with E-state index < -0.39 is 17.6 Å². The van der Waals surface area contributed by atoms with Crippen molar-refractivity contribution in [3.63, 3.8) is 0 Å². The summed E-state index contributed by atoms with van der Waals surface area (Å²) in [4.78, 5) is 37.6. The zero-order chi connectivity index (χ0) is 17.6. The van der Waals surface area contributed by atoms with Gasteiger partial charge in [-0.25, -0.2) is 0 Å². The van der Waals surface area contributed by atoms with Crippen LogP contribution in [-0.4, -0.2) is 29.5 Å². The summed E-state index contributed by atoms with van der Waals surface area (Å²) in [6.07, 6.45) is -0.471. The predicted octanol–water partition coefficient (Wildman–Crippen LogP) is 0.864. The van der Waals surface area contributed by atoms with E-state index in [0.717, 1.165) is 5.56 Å². The molecule has 0 aliphatic rings. The number of aryl methyl sites for hydroxylation is 1. The zero-order valence-corrected chi connectivity index (χ0v) is 13.8. The van der Waals surface area contributed by atoms with E-state index in [1.807, 2.05) is 6.07 Å². The molecule has 7 heteroatoms. The highest BCUT2D eigenvalue weighted by Gasteiger charge is 2.18. The average Bonchev–Trinajstić information content (AvgIpc) is 2.47. The molecule has 7 nitrogen and oxygen atoms in total. The Balaban J connectivity index is 2.76. The van der Waals surface area contributed by atoms with Crippen LogP contribution < -0.4 is 10.9 Å². The first-order valence-corrected chi connectivity index (χ1v) is 7.41. The molecule has 1 atom stereocenters. The Hall–Kier alpha value is -2.62. The molecule has 124 valence electrons. The highest BCUT2D eigenvalue weighted by Crippen LogP contribution is 2.15. The van der Waals surface area contributed by atoms with E-state index in [-0.39, 0.29) is 17.9 Å². The smallest absolute Gasteiger partial charge is 0.306 e. The van der Waals surface area contributed by atoms with Gasteiger partial charge in [0, 0.05) is 18.7 Å². The lowest BCUT2D eigenvalue weighted by molar-refractivity contribution is -0.154. The molecule has 1 heterocycles. The van der Waals surface area contributed by atoms with Gasteiger partial charge in [0.15, 0.2) is 6.10 Å². The maximum atomic E-state index is 11.8. The summed E-state index contributed by atoms with van der Waals surface area (Å²) >= 11 is 0. The van der Waals surface area contributed by atoms with Crippen LogP contribution in [0.3, 0.4) is 0 Å². The molecule has 0 radical (unpaired) electrons. The predicted molar refractivity (Wildman–Crippen MR) is 83.8 cm³/mol. The number of ether oxygens (including phenoxy) is 1. The first-order valence-electron chi connectivity index (χ1n) is 7.41. The highest BCUT2D eigenvalue weighted by molar-refractivity contribution is 5.83. The van der Waals surface area contributed by atoms with E-state index in [1.54, 1.807) is 20.8 Å². The van der Waals surface area contributed by atoms with Gasteiger partial charge in [0.25, 0.3) is 11.5 Å². The van der Waals surface area contributed by atoms with Crippen molar-refractivity contribution < 1.29 is 14.3 Å².